The highest BCUT2D eigenvalue weighted by Crippen LogP contribution is 2.40. The summed E-state index contributed by atoms with van der Waals surface area (Å²) < 4.78 is 5.91. The number of likely N-dealkylation sites (tertiary alicyclic amines) is 1. The third kappa shape index (κ3) is 3.18. The molecule has 0 N–H and O–H groups in total. The number of nitrogens with zero attached hydrogens (tertiary/aromatic N) is 3. The minimum absolute atomic E-state index is 0.632. The number of rotatable bonds is 4. The SMILES string of the molecule is C[C@@H]1C[C@@H]2CCCC[C@H]2N1Cc1nnc(Cc2ccccc2)o1. The van der Waals surface area contributed by atoms with E-state index in [0.717, 1.165) is 36.7 Å². The molecule has 3 atom stereocenters. The Balaban J connectivity index is 1.43. The molecule has 1 saturated carbocycles. The number of hydrogen-bond acceptors (Lipinski definition) is 4. The van der Waals surface area contributed by atoms with E-state index >= 15 is 0 Å². The van der Waals surface area contributed by atoms with Crippen molar-refractivity contribution in [1.29, 1.82) is 0 Å². The van der Waals surface area contributed by atoms with Crippen LogP contribution in [0.15, 0.2) is 34.7 Å². The zero-order valence-corrected chi connectivity index (χ0v) is 13.8. The fourth-order valence-corrected chi connectivity index (χ4v) is 4.42. The van der Waals surface area contributed by atoms with Crippen LogP contribution in [0.5, 0.6) is 0 Å². The van der Waals surface area contributed by atoms with E-state index < -0.39 is 0 Å². The molecule has 1 aliphatic carbocycles. The topological polar surface area (TPSA) is 42.2 Å². The monoisotopic (exact) mass is 311 g/mol. The van der Waals surface area contributed by atoms with Gasteiger partial charge in [0.1, 0.15) is 0 Å². The highest BCUT2D eigenvalue weighted by atomic mass is 16.4. The van der Waals surface area contributed by atoms with E-state index in [0.29, 0.717) is 6.04 Å². The largest absolute Gasteiger partial charge is 0.424 e. The van der Waals surface area contributed by atoms with Gasteiger partial charge < -0.3 is 4.42 Å². The lowest BCUT2D eigenvalue weighted by atomic mass is 9.85. The van der Waals surface area contributed by atoms with Gasteiger partial charge in [0.15, 0.2) is 0 Å². The molecule has 0 bridgehead atoms. The van der Waals surface area contributed by atoms with Crippen LogP contribution in [0.4, 0.5) is 0 Å². The van der Waals surface area contributed by atoms with Crippen molar-refractivity contribution in [2.45, 2.75) is 64.1 Å². The van der Waals surface area contributed by atoms with Gasteiger partial charge in [0.05, 0.1) is 13.0 Å². The number of fused-ring (bicyclic) bond motifs is 1. The Kier molecular flexibility index (Phi) is 4.17. The summed E-state index contributed by atoms with van der Waals surface area (Å²) in [6.07, 6.45) is 7.55. The smallest absolute Gasteiger partial charge is 0.230 e. The van der Waals surface area contributed by atoms with Crippen LogP contribution in [0.3, 0.4) is 0 Å². The number of benzene rings is 1. The zero-order chi connectivity index (χ0) is 15.6. The Morgan fingerprint density at radius 1 is 1.09 bits per heavy atom. The average molecular weight is 311 g/mol. The van der Waals surface area contributed by atoms with Crippen molar-refractivity contribution in [1.82, 2.24) is 15.1 Å². The summed E-state index contributed by atoms with van der Waals surface area (Å²) in [6.45, 7) is 3.16. The molecule has 1 aromatic heterocycles. The van der Waals surface area contributed by atoms with Crippen LogP contribution >= 0.6 is 0 Å². The molecule has 1 saturated heterocycles. The van der Waals surface area contributed by atoms with Gasteiger partial charge in [-0.3, -0.25) is 4.90 Å². The second kappa shape index (κ2) is 6.44. The maximum atomic E-state index is 5.91. The van der Waals surface area contributed by atoms with Gasteiger partial charge in [-0.15, -0.1) is 10.2 Å². The molecule has 0 unspecified atom stereocenters. The lowest BCUT2D eigenvalue weighted by Crippen LogP contribution is -2.37. The first-order valence-electron chi connectivity index (χ1n) is 8.90. The van der Waals surface area contributed by atoms with Crippen LogP contribution in [0.1, 0.15) is 56.4 Å². The standard InChI is InChI=1S/C19H25N3O/c1-14-11-16-9-5-6-10-17(16)22(14)13-19-21-20-18(23-19)12-15-7-3-2-4-8-15/h2-4,7-8,14,16-17H,5-6,9-13H2,1H3/t14-,16+,17-/m1/s1. The quantitative estimate of drug-likeness (QED) is 0.861. The van der Waals surface area contributed by atoms with Crippen molar-refractivity contribution in [3.8, 4) is 0 Å². The molecule has 2 aliphatic rings. The van der Waals surface area contributed by atoms with Crippen LogP contribution in [-0.2, 0) is 13.0 Å². The molecule has 4 heteroatoms. The van der Waals surface area contributed by atoms with E-state index in [1.807, 2.05) is 18.2 Å². The van der Waals surface area contributed by atoms with Crippen LogP contribution in [0, 0.1) is 5.92 Å². The molecule has 0 spiro atoms. The highest BCUT2D eigenvalue weighted by molar-refractivity contribution is 5.17. The summed E-state index contributed by atoms with van der Waals surface area (Å²) in [7, 11) is 0. The normalized spacial score (nSPS) is 28.0. The highest BCUT2D eigenvalue weighted by Gasteiger charge is 2.40. The predicted molar refractivity (Wildman–Crippen MR) is 88.9 cm³/mol. The Morgan fingerprint density at radius 2 is 1.87 bits per heavy atom. The van der Waals surface area contributed by atoms with E-state index in [-0.39, 0.29) is 0 Å². The fraction of sp³-hybridized carbons (Fsp3) is 0.579. The predicted octanol–water partition coefficient (Wildman–Crippen LogP) is 3.81. The third-order valence-electron chi connectivity index (χ3n) is 5.53. The third-order valence-corrected chi connectivity index (χ3v) is 5.53. The molecule has 0 radical (unpaired) electrons. The van der Waals surface area contributed by atoms with Gasteiger partial charge in [0, 0.05) is 12.1 Å². The van der Waals surface area contributed by atoms with Crippen molar-refractivity contribution in [3.05, 3.63) is 47.7 Å². The van der Waals surface area contributed by atoms with Gasteiger partial charge in [-0.25, -0.2) is 0 Å². The van der Waals surface area contributed by atoms with Gasteiger partial charge >= 0.3 is 0 Å². The van der Waals surface area contributed by atoms with Crippen LogP contribution in [0.2, 0.25) is 0 Å². The summed E-state index contributed by atoms with van der Waals surface area (Å²) in [5.74, 6) is 2.37. The van der Waals surface area contributed by atoms with Crippen LogP contribution in [-0.4, -0.2) is 27.2 Å². The summed E-state index contributed by atoms with van der Waals surface area (Å²) in [5.41, 5.74) is 1.21. The molecule has 2 heterocycles. The molecule has 1 aliphatic heterocycles. The van der Waals surface area contributed by atoms with Crippen molar-refractivity contribution in [2.75, 3.05) is 0 Å². The Hall–Kier alpha value is -1.68. The molecule has 2 fully saturated rings. The zero-order valence-electron chi connectivity index (χ0n) is 13.8. The van der Waals surface area contributed by atoms with E-state index in [1.54, 1.807) is 0 Å². The lowest BCUT2D eigenvalue weighted by molar-refractivity contribution is 0.136. The van der Waals surface area contributed by atoms with Gasteiger partial charge in [-0.05, 0) is 37.7 Å². The van der Waals surface area contributed by atoms with E-state index in [1.165, 1.54) is 37.7 Å². The van der Waals surface area contributed by atoms with Gasteiger partial charge in [0.25, 0.3) is 0 Å². The van der Waals surface area contributed by atoms with E-state index in [9.17, 15) is 0 Å². The molecule has 0 amide bonds. The fourth-order valence-electron chi connectivity index (χ4n) is 4.42. The van der Waals surface area contributed by atoms with Gasteiger partial charge in [0.2, 0.25) is 11.8 Å². The first-order valence-corrected chi connectivity index (χ1v) is 8.90. The molecule has 2 aromatic rings. The first kappa shape index (κ1) is 14.9. The molecular weight excluding hydrogens is 286 g/mol. The summed E-state index contributed by atoms with van der Waals surface area (Å²) in [4.78, 5) is 2.60. The van der Waals surface area contributed by atoms with Gasteiger partial charge in [-0.2, -0.15) is 0 Å². The second-order valence-corrected chi connectivity index (χ2v) is 7.12. The minimum Gasteiger partial charge on any atom is -0.424 e. The maximum Gasteiger partial charge on any atom is 0.230 e. The Labute approximate surface area is 137 Å². The second-order valence-electron chi connectivity index (χ2n) is 7.12. The van der Waals surface area contributed by atoms with E-state index in [2.05, 4.69) is 34.2 Å². The van der Waals surface area contributed by atoms with Crippen molar-refractivity contribution in [3.63, 3.8) is 0 Å². The molecule has 122 valence electrons. The average Bonchev–Trinajstić information content (AvgIpc) is 3.14. The van der Waals surface area contributed by atoms with Crippen LogP contribution < -0.4 is 0 Å². The molecular formula is C19H25N3O. The van der Waals surface area contributed by atoms with Crippen molar-refractivity contribution < 1.29 is 4.42 Å². The molecule has 4 nitrogen and oxygen atoms in total. The summed E-state index contributed by atoms with van der Waals surface area (Å²) in [6, 6.07) is 11.7. The number of hydrogen-bond donors (Lipinski definition) is 0. The molecule has 1 aromatic carbocycles. The molecule has 23 heavy (non-hydrogen) atoms. The summed E-state index contributed by atoms with van der Waals surface area (Å²) >= 11 is 0. The summed E-state index contributed by atoms with van der Waals surface area (Å²) in [5, 5.41) is 8.53. The van der Waals surface area contributed by atoms with E-state index in [4.69, 9.17) is 4.42 Å². The lowest BCUT2D eigenvalue weighted by Gasteiger charge is -2.32. The van der Waals surface area contributed by atoms with Crippen molar-refractivity contribution in [2.24, 2.45) is 5.92 Å². The Bertz CT molecular complexity index is 639. The molecule has 4 rings (SSSR count). The van der Waals surface area contributed by atoms with Crippen LogP contribution in [0.25, 0.3) is 0 Å². The number of aromatic nitrogens is 2. The first-order chi connectivity index (χ1) is 11.3. The minimum atomic E-state index is 0.632. The maximum absolute atomic E-state index is 5.91. The van der Waals surface area contributed by atoms with Crippen molar-refractivity contribution >= 4 is 0 Å². The van der Waals surface area contributed by atoms with Gasteiger partial charge in [-0.1, -0.05) is 43.2 Å². The Morgan fingerprint density at radius 3 is 2.74 bits per heavy atom.